The second kappa shape index (κ2) is 14.6. The molecule has 0 aromatic heterocycles. The van der Waals surface area contributed by atoms with Crippen molar-refractivity contribution in [2.45, 2.75) is 0 Å². The molecule has 59 heavy (non-hydrogen) atoms. The predicted octanol–water partition coefficient (Wildman–Crippen LogP) is 9.53. The van der Waals surface area contributed by atoms with E-state index in [1.807, 2.05) is 24.3 Å². The monoisotopic (exact) mass is 747 g/mol. The van der Waals surface area contributed by atoms with E-state index in [1.54, 1.807) is 6.07 Å². The van der Waals surface area contributed by atoms with Crippen molar-refractivity contribution in [3.8, 4) is 39.4 Å². The van der Waals surface area contributed by atoms with Gasteiger partial charge in [-0.1, -0.05) is 182 Å². The van der Waals surface area contributed by atoms with Gasteiger partial charge in [-0.25, -0.2) is 4.85 Å². The molecule has 10 rings (SSSR count). The zero-order valence-electron chi connectivity index (χ0n) is 32.3. The van der Waals surface area contributed by atoms with Crippen molar-refractivity contribution >= 4 is 81.1 Å². The molecular formula is C54H35B2N3. The number of nitriles is 1. The minimum atomic E-state index is -0.0837. The van der Waals surface area contributed by atoms with Crippen molar-refractivity contribution in [2.75, 3.05) is 4.90 Å². The number of anilines is 3. The lowest BCUT2D eigenvalue weighted by Crippen LogP contribution is -2.65. The Labute approximate surface area is 346 Å². The van der Waals surface area contributed by atoms with Crippen LogP contribution < -0.4 is 37.7 Å². The first-order valence-corrected chi connectivity index (χ1v) is 19.8. The van der Waals surface area contributed by atoms with E-state index in [0.717, 1.165) is 55.9 Å². The molecule has 0 spiro atoms. The van der Waals surface area contributed by atoms with Gasteiger partial charge in [0.2, 0.25) is 13.4 Å². The van der Waals surface area contributed by atoms with Crippen LogP contribution in [0, 0.1) is 17.9 Å². The van der Waals surface area contributed by atoms with Crippen LogP contribution in [-0.2, 0) is 0 Å². The van der Waals surface area contributed by atoms with Gasteiger partial charge in [0.05, 0.1) is 12.6 Å². The minimum absolute atomic E-state index is 0.0837. The summed E-state index contributed by atoms with van der Waals surface area (Å²) in [4.78, 5) is 6.24. The Morgan fingerprint density at radius 1 is 0.492 bits per heavy atom. The quantitative estimate of drug-likeness (QED) is 0.120. The third-order valence-electron chi connectivity index (χ3n) is 11.9. The van der Waals surface area contributed by atoms with Gasteiger partial charge in [-0.3, -0.25) is 0 Å². The molecule has 0 radical (unpaired) electrons. The summed E-state index contributed by atoms with van der Waals surface area (Å²) < 4.78 is 0. The van der Waals surface area contributed by atoms with Crippen LogP contribution in [-0.4, -0.2) is 13.4 Å². The Kier molecular flexibility index (Phi) is 8.79. The van der Waals surface area contributed by atoms with Crippen LogP contribution >= 0.6 is 0 Å². The van der Waals surface area contributed by atoms with Crippen molar-refractivity contribution in [2.24, 2.45) is 0 Å². The van der Waals surface area contributed by atoms with Crippen molar-refractivity contribution in [3.05, 3.63) is 217 Å². The molecule has 0 saturated carbocycles. The summed E-state index contributed by atoms with van der Waals surface area (Å²) in [5.41, 5.74) is 20.3. The summed E-state index contributed by atoms with van der Waals surface area (Å²) in [7, 11) is 0. The molecule has 0 saturated heterocycles. The first-order chi connectivity index (χ1) is 29.0. The lowest BCUT2D eigenvalue weighted by Gasteiger charge is -2.44. The molecule has 272 valence electrons. The van der Waals surface area contributed by atoms with Crippen LogP contribution in [0.4, 0.5) is 22.7 Å². The average Bonchev–Trinajstić information content (AvgIpc) is 3.31. The Bertz CT molecular complexity index is 2840. The van der Waals surface area contributed by atoms with E-state index in [0.29, 0.717) is 11.3 Å². The summed E-state index contributed by atoms with van der Waals surface area (Å²) in [6.45, 7) is 15.6. The van der Waals surface area contributed by atoms with E-state index >= 15 is 0 Å². The minimum Gasteiger partial charge on any atom is -0.313 e. The molecule has 5 heteroatoms. The first kappa shape index (κ1) is 35.6. The highest BCUT2D eigenvalue weighted by atomic mass is 15.2. The first-order valence-electron chi connectivity index (χ1n) is 19.8. The van der Waals surface area contributed by atoms with Gasteiger partial charge >= 0.3 is 0 Å². The fraction of sp³-hybridized carbons (Fsp3) is 0. The molecular weight excluding hydrogens is 712 g/mol. The average molecular weight is 748 g/mol. The summed E-state index contributed by atoms with van der Waals surface area (Å²) in [5, 5.41) is 10.1. The van der Waals surface area contributed by atoms with Crippen molar-refractivity contribution < 1.29 is 0 Å². The van der Waals surface area contributed by atoms with Gasteiger partial charge in [0.25, 0.3) is 0 Å². The van der Waals surface area contributed by atoms with Crippen molar-refractivity contribution in [1.82, 2.24) is 0 Å². The predicted molar refractivity (Wildman–Crippen MR) is 251 cm³/mol. The number of nitrogens with zero attached hydrogens (tertiary/aromatic N) is 3. The molecule has 8 aromatic carbocycles. The zero-order chi connectivity index (χ0) is 40.0. The summed E-state index contributed by atoms with van der Waals surface area (Å²) in [5.74, 6) is 0. The van der Waals surface area contributed by atoms with Crippen molar-refractivity contribution in [3.63, 3.8) is 0 Å². The fourth-order valence-corrected chi connectivity index (χ4v) is 9.11. The summed E-state index contributed by atoms with van der Waals surface area (Å²) in [6.07, 6.45) is 3.73. The van der Waals surface area contributed by atoms with E-state index in [-0.39, 0.29) is 13.4 Å². The SMILES string of the molecule is [C-]#[N+]c1cc(C#N)cc(-c2cc3c4c(c2)B(c2ccc(-c5ccc(C=C)cc5)cc2)c2ccccc2N4c2ccccc2B3c2ccc(-c3ccc(C=C)cc3)cc2)c1. The topological polar surface area (TPSA) is 31.4 Å². The van der Waals surface area contributed by atoms with Gasteiger partial charge in [-0.2, -0.15) is 5.26 Å². The number of hydrogen-bond acceptors (Lipinski definition) is 2. The molecule has 3 nitrogen and oxygen atoms in total. The Morgan fingerprint density at radius 2 is 0.915 bits per heavy atom. The van der Waals surface area contributed by atoms with Gasteiger partial charge in [0.1, 0.15) is 0 Å². The lowest BCUT2D eigenvalue weighted by molar-refractivity contribution is 1.30. The highest BCUT2D eigenvalue weighted by Crippen LogP contribution is 2.39. The van der Waals surface area contributed by atoms with Crippen LogP contribution in [0.3, 0.4) is 0 Å². The number of fused-ring (bicyclic) bond motifs is 4. The molecule has 2 aliphatic rings. The van der Waals surface area contributed by atoms with E-state index in [2.05, 4.69) is 187 Å². The number of hydrogen-bond donors (Lipinski definition) is 0. The zero-order valence-corrected chi connectivity index (χ0v) is 32.3. The lowest BCUT2D eigenvalue weighted by atomic mass is 9.30. The van der Waals surface area contributed by atoms with Crippen molar-refractivity contribution in [1.29, 1.82) is 5.26 Å². The molecule has 8 aromatic rings. The maximum Gasteiger partial charge on any atom is 0.246 e. The molecule has 2 heterocycles. The van der Waals surface area contributed by atoms with Crippen LogP contribution in [0.25, 0.3) is 50.4 Å². The normalized spacial score (nSPS) is 12.1. The molecule has 0 aliphatic carbocycles. The van der Waals surface area contributed by atoms with Crippen LogP contribution in [0.2, 0.25) is 0 Å². The standard InChI is InChI=1S/C54H35B2N3/c1-4-36-14-18-39(19-15-36)41-22-26-45(27-23-41)55-48-10-6-8-12-52(48)59-53-13-9-7-11-49(53)56(46-28-24-42(25-29-46)40-20-16-37(5-2)17-21-40)51-34-44(33-50(55)54(51)59)43-30-38(35-57)31-47(32-43)58-3/h4-34H,1-2H2. The maximum absolute atomic E-state index is 10.1. The van der Waals surface area contributed by atoms with E-state index in [1.165, 1.54) is 38.5 Å². The van der Waals surface area contributed by atoms with Gasteiger partial charge in [-0.05, 0) is 96.7 Å². The second-order valence-electron chi connectivity index (χ2n) is 15.2. The smallest absolute Gasteiger partial charge is 0.246 e. The van der Waals surface area contributed by atoms with Gasteiger partial charge in [0, 0.05) is 22.6 Å². The number of rotatable bonds is 7. The molecule has 0 atom stereocenters. The highest BCUT2D eigenvalue weighted by Gasteiger charge is 2.43. The fourth-order valence-electron chi connectivity index (χ4n) is 9.11. The van der Waals surface area contributed by atoms with Crippen LogP contribution in [0.5, 0.6) is 0 Å². The number of benzene rings is 8. The Morgan fingerprint density at radius 3 is 1.34 bits per heavy atom. The Hall–Kier alpha value is -7.85. The summed E-state index contributed by atoms with van der Waals surface area (Å²) in [6, 6.07) is 65.0. The number of para-hydroxylation sites is 2. The van der Waals surface area contributed by atoms with E-state index in [4.69, 9.17) is 6.57 Å². The molecule has 0 amide bonds. The maximum atomic E-state index is 10.1. The Balaban J connectivity index is 1.21. The van der Waals surface area contributed by atoms with Gasteiger partial charge in [0.15, 0.2) is 5.69 Å². The largest absolute Gasteiger partial charge is 0.313 e. The molecule has 0 bridgehead atoms. The second-order valence-corrected chi connectivity index (χ2v) is 15.2. The summed E-state index contributed by atoms with van der Waals surface area (Å²) >= 11 is 0. The molecule has 0 unspecified atom stereocenters. The van der Waals surface area contributed by atoms with Gasteiger partial charge < -0.3 is 4.90 Å². The van der Waals surface area contributed by atoms with Gasteiger partial charge in [-0.15, -0.1) is 0 Å². The molecule has 0 fully saturated rings. The van der Waals surface area contributed by atoms with E-state index < -0.39 is 0 Å². The highest BCUT2D eigenvalue weighted by molar-refractivity contribution is 7.02. The van der Waals surface area contributed by atoms with Crippen LogP contribution in [0.15, 0.2) is 189 Å². The third-order valence-corrected chi connectivity index (χ3v) is 11.9. The van der Waals surface area contributed by atoms with E-state index in [9.17, 15) is 5.26 Å². The molecule has 0 N–H and O–H groups in total. The third kappa shape index (κ3) is 6.09. The van der Waals surface area contributed by atoms with Crippen LogP contribution in [0.1, 0.15) is 16.7 Å². The molecule has 2 aliphatic heterocycles.